The van der Waals surface area contributed by atoms with E-state index in [-0.39, 0.29) is 39.8 Å². The molecule has 0 aliphatic carbocycles. The molecule has 0 radical (unpaired) electrons. The molecule has 1 heterocycles. The number of carbonyl (C=O) groups excluding carboxylic acids is 6. The van der Waals surface area contributed by atoms with Crippen LogP contribution in [-0.2, 0) is 30.8 Å². The number of nitrogens with one attached hydrogen (secondary N) is 2. The third kappa shape index (κ3) is 9.25. The number of alkyl halides is 2. The number of sulfonamides is 1. The molecule has 0 aromatic heterocycles. The SMILES string of the molecule is CC(C)C(NC(=O)[N+]1(C(=O)[C@@H](N)C(C)C)CCC[C@H]1C)C(=O)C(F)(F)C(=O)N(CCc1ccccc1)C(=O)c1ccc(C(=O)NS(=O)(=O)c2ccccc2)cc1. The summed E-state index contributed by atoms with van der Waals surface area (Å²) < 4.78 is 59.0. The zero-order valence-electron chi connectivity index (χ0n) is 31.9. The van der Waals surface area contributed by atoms with Crippen molar-refractivity contribution >= 4 is 45.5 Å². The molecular weight excluding hydrogens is 749 g/mol. The van der Waals surface area contributed by atoms with Gasteiger partial charge in [-0.1, -0.05) is 76.2 Å². The highest BCUT2D eigenvalue weighted by Crippen LogP contribution is 2.31. The third-order valence-electron chi connectivity index (χ3n) is 10.1. The predicted molar refractivity (Wildman–Crippen MR) is 202 cm³/mol. The number of imide groups is 2. The first kappa shape index (κ1) is 43.5. The van der Waals surface area contributed by atoms with E-state index in [1.807, 2.05) is 4.72 Å². The monoisotopic (exact) mass is 796 g/mol. The summed E-state index contributed by atoms with van der Waals surface area (Å²) in [5, 5.41) is 2.36. The Balaban J connectivity index is 1.62. The van der Waals surface area contributed by atoms with Crippen LogP contribution in [0.25, 0.3) is 0 Å². The van der Waals surface area contributed by atoms with Crippen LogP contribution in [0.1, 0.15) is 73.7 Å². The smallest absolute Gasteiger partial charge is 0.316 e. The molecule has 16 heteroatoms. The number of likely N-dealkylation sites (tertiary alicyclic amines) is 1. The maximum Gasteiger partial charge on any atom is 0.424 e. The molecule has 4 rings (SSSR count). The highest BCUT2D eigenvalue weighted by atomic mass is 32.2. The number of amides is 6. The number of quaternary nitrogens is 1. The lowest BCUT2D eigenvalue weighted by Crippen LogP contribution is -2.69. The van der Waals surface area contributed by atoms with Crippen molar-refractivity contribution in [2.75, 3.05) is 13.1 Å². The van der Waals surface area contributed by atoms with Crippen LogP contribution in [0.5, 0.6) is 0 Å². The van der Waals surface area contributed by atoms with E-state index in [0.717, 1.165) is 24.3 Å². The number of halogens is 2. The highest BCUT2D eigenvalue weighted by molar-refractivity contribution is 7.90. The van der Waals surface area contributed by atoms with Crippen LogP contribution < -0.4 is 15.8 Å². The first-order valence-corrected chi connectivity index (χ1v) is 19.8. The van der Waals surface area contributed by atoms with E-state index in [1.54, 1.807) is 57.2 Å². The molecule has 56 heavy (non-hydrogen) atoms. The summed E-state index contributed by atoms with van der Waals surface area (Å²) in [5.41, 5.74) is 6.25. The van der Waals surface area contributed by atoms with Crippen molar-refractivity contribution in [2.24, 2.45) is 17.6 Å². The van der Waals surface area contributed by atoms with Gasteiger partial charge in [0.2, 0.25) is 5.78 Å². The van der Waals surface area contributed by atoms with Gasteiger partial charge in [-0.3, -0.25) is 29.4 Å². The number of hydrogen-bond donors (Lipinski definition) is 3. The fraction of sp³-hybridized carbons (Fsp3) is 0.400. The summed E-state index contributed by atoms with van der Waals surface area (Å²) in [6.07, 6.45) is 0.869. The van der Waals surface area contributed by atoms with Gasteiger partial charge in [0.25, 0.3) is 21.8 Å². The lowest BCUT2D eigenvalue weighted by atomic mass is 9.94. The summed E-state index contributed by atoms with van der Waals surface area (Å²) >= 11 is 0. The fourth-order valence-corrected chi connectivity index (χ4v) is 7.55. The van der Waals surface area contributed by atoms with E-state index >= 15 is 8.78 Å². The van der Waals surface area contributed by atoms with Crippen LogP contribution in [0.4, 0.5) is 13.6 Å². The largest absolute Gasteiger partial charge is 0.424 e. The van der Waals surface area contributed by atoms with Crippen molar-refractivity contribution in [3.8, 4) is 0 Å². The Kier molecular flexibility index (Phi) is 13.8. The second-order valence-corrected chi connectivity index (χ2v) is 16.3. The van der Waals surface area contributed by atoms with Crippen molar-refractivity contribution in [2.45, 2.75) is 82.8 Å². The van der Waals surface area contributed by atoms with Gasteiger partial charge in [0.1, 0.15) is 18.1 Å². The molecular formula is C40H48F2N5O8S+. The first-order valence-electron chi connectivity index (χ1n) is 18.3. The van der Waals surface area contributed by atoms with Crippen LogP contribution in [0, 0.1) is 11.8 Å². The minimum absolute atomic E-state index is 0.0473. The number of rotatable bonds is 14. The Morgan fingerprint density at radius 1 is 0.857 bits per heavy atom. The van der Waals surface area contributed by atoms with E-state index < -0.39 is 86.5 Å². The molecule has 2 unspecified atom stereocenters. The van der Waals surface area contributed by atoms with E-state index in [9.17, 15) is 37.2 Å². The summed E-state index contributed by atoms with van der Waals surface area (Å²) in [6.45, 7) is 7.34. The van der Waals surface area contributed by atoms with Crippen LogP contribution in [0.15, 0.2) is 89.8 Å². The second-order valence-electron chi connectivity index (χ2n) is 14.6. The van der Waals surface area contributed by atoms with Crippen molar-refractivity contribution in [1.82, 2.24) is 14.9 Å². The van der Waals surface area contributed by atoms with Crippen molar-refractivity contribution < 1.29 is 50.4 Å². The number of nitrogens with zero attached hydrogens (tertiary/aromatic N) is 2. The van der Waals surface area contributed by atoms with Gasteiger partial charge in [0.15, 0.2) is 0 Å². The predicted octanol–water partition coefficient (Wildman–Crippen LogP) is 4.46. The first-order chi connectivity index (χ1) is 26.2. The van der Waals surface area contributed by atoms with Gasteiger partial charge in [-0.05, 0) is 67.1 Å². The van der Waals surface area contributed by atoms with E-state index in [0.29, 0.717) is 18.4 Å². The van der Waals surface area contributed by atoms with Gasteiger partial charge in [-0.15, -0.1) is 0 Å². The van der Waals surface area contributed by atoms with Crippen LogP contribution >= 0.6 is 0 Å². The number of hydrogen-bond acceptors (Lipinski definition) is 9. The number of Topliss-reactive ketones (excluding diaryl/α,β-unsaturated/α-hetero) is 1. The van der Waals surface area contributed by atoms with Crippen LogP contribution in [0.2, 0.25) is 0 Å². The lowest BCUT2D eigenvalue weighted by Gasteiger charge is -2.37. The molecule has 13 nitrogen and oxygen atoms in total. The van der Waals surface area contributed by atoms with Crippen LogP contribution in [0.3, 0.4) is 0 Å². The number of benzene rings is 3. The van der Waals surface area contributed by atoms with Gasteiger partial charge >= 0.3 is 23.8 Å². The maximum absolute atomic E-state index is 16.3. The molecule has 1 aliphatic rings. The van der Waals surface area contributed by atoms with Crippen LogP contribution in [-0.4, -0.2) is 90.4 Å². The molecule has 4 N–H and O–H groups in total. The molecule has 1 aliphatic heterocycles. The normalized spacial score (nSPS) is 18.2. The standard InChI is InChI=1S/C40H47F2N5O8S/c1-25(2)32(43)37(51)47(24-12-13-27(47)5)39(53)44-33(26(3)4)34(48)40(41,42)38(52)46(23-22-28-14-8-6-9-15-28)36(50)30-20-18-29(19-21-30)35(49)45-56(54,55)31-16-10-7-11-17-31/h6-11,14-21,25-27,32-33H,12-13,22-24,43H2,1-5H3,(H-,44,45,49,53)/p+1/t27-,32+,33?,47?/m1/s1. The Morgan fingerprint density at radius 2 is 1.41 bits per heavy atom. The number of ketones is 1. The summed E-state index contributed by atoms with van der Waals surface area (Å²) in [7, 11) is -4.25. The van der Waals surface area contributed by atoms with Gasteiger partial charge in [-0.2, -0.15) is 13.3 Å². The molecule has 1 fully saturated rings. The zero-order chi connectivity index (χ0) is 41.6. The molecule has 6 amide bonds. The summed E-state index contributed by atoms with van der Waals surface area (Å²) in [5.74, 6) is -13.1. The Morgan fingerprint density at radius 3 is 1.93 bits per heavy atom. The Hall–Kier alpha value is -5.19. The molecule has 4 atom stereocenters. The molecule has 3 aromatic rings. The van der Waals surface area contributed by atoms with E-state index in [2.05, 4.69) is 5.32 Å². The number of urea groups is 1. The Labute approximate surface area is 325 Å². The molecule has 0 saturated carbocycles. The minimum atomic E-state index is -4.83. The lowest BCUT2D eigenvalue weighted by molar-refractivity contribution is -0.785. The summed E-state index contributed by atoms with van der Waals surface area (Å²) in [6, 6.07) is 15.2. The minimum Gasteiger partial charge on any atom is -0.316 e. The Bertz CT molecular complexity index is 2050. The van der Waals surface area contributed by atoms with Crippen molar-refractivity contribution in [1.29, 1.82) is 0 Å². The fourth-order valence-electron chi connectivity index (χ4n) is 6.55. The van der Waals surface area contributed by atoms with E-state index in [4.69, 9.17) is 5.73 Å². The van der Waals surface area contributed by atoms with Gasteiger partial charge < -0.3 is 5.73 Å². The second kappa shape index (κ2) is 17.7. The third-order valence-corrected chi connectivity index (χ3v) is 11.4. The number of nitrogens with two attached hydrogens (primary N) is 1. The highest BCUT2D eigenvalue weighted by Gasteiger charge is 2.58. The molecule has 0 spiro atoms. The van der Waals surface area contributed by atoms with Gasteiger partial charge in [0, 0.05) is 30.5 Å². The average Bonchev–Trinajstić information content (AvgIpc) is 3.57. The molecule has 3 aromatic carbocycles. The van der Waals surface area contributed by atoms with Crippen molar-refractivity contribution in [3.63, 3.8) is 0 Å². The molecule has 300 valence electrons. The zero-order valence-corrected chi connectivity index (χ0v) is 32.7. The maximum atomic E-state index is 16.3. The van der Waals surface area contributed by atoms with Gasteiger partial charge in [0.05, 0.1) is 11.4 Å². The molecule has 0 bridgehead atoms. The van der Waals surface area contributed by atoms with E-state index in [1.165, 1.54) is 38.1 Å². The molecule has 1 saturated heterocycles. The van der Waals surface area contributed by atoms with Gasteiger partial charge in [-0.25, -0.2) is 22.7 Å². The van der Waals surface area contributed by atoms with Crippen molar-refractivity contribution in [3.05, 3.63) is 102 Å². The number of carbonyl (C=O) groups is 6. The summed E-state index contributed by atoms with van der Waals surface area (Å²) in [4.78, 5) is 81.8. The quantitative estimate of drug-likeness (QED) is 0.156. The average molecular weight is 797 g/mol. The topological polar surface area (TPSA) is 190 Å².